The maximum absolute atomic E-state index is 12.2. The molecule has 7 nitrogen and oxygen atoms in total. The molecule has 0 aliphatic carbocycles. The average Bonchev–Trinajstić information content (AvgIpc) is 2.65. The third-order valence-corrected chi connectivity index (χ3v) is 5.27. The van der Waals surface area contributed by atoms with Gasteiger partial charge < -0.3 is 14.9 Å². The normalized spacial score (nSPS) is 10.4. The Hall–Kier alpha value is -2.16. The third kappa shape index (κ3) is 8.00. The number of ether oxygens (including phenoxy) is 1. The van der Waals surface area contributed by atoms with Gasteiger partial charge in [0.05, 0.1) is 22.2 Å². The number of esters is 1. The largest absolute Gasteiger partial charge is 0.465 e. The maximum Gasteiger partial charge on any atom is 0.310 e. The highest BCUT2D eigenvalue weighted by Gasteiger charge is 2.13. The van der Waals surface area contributed by atoms with Crippen LogP contribution in [0.4, 0.5) is 11.4 Å². The highest BCUT2D eigenvalue weighted by Crippen LogP contribution is 2.34. The molecular weight excluding hydrogens is 439 g/mol. The molecule has 0 saturated carbocycles. The van der Waals surface area contributed by atoms with Gasteiger partial charge in [0, 0.05) is 17.2 Å². The minimum Gasteiger partial charge on any atom is -0.465 e. The number of carbonyl (C=O) groups is 1. The van der Waals surface area contributed by atoms with E-state index in [0.717, 1.165) is 11.1 Å². The summed E-state index contributed by atoms with van der Waals surface area (Å²) in [6.45, 7) is 2.16. The Kier molecular flexibility index (Phi) is 9.37. The molecule has 0 fully saturated rings. The van der Waals surface area contributed by atoms with E-state index in [0.29, 0.717) is 32.9 Å². The number of anilines is 2. The summed E-state index contributed by atoms with van der Waals surface area (Å²) in [5.41, 5.74) is 3.06. The van der Waals surface area contributed by atoms with Gasteiger partial charge in [-0.2, -0.15) is 11.8 Å². The molecular formula is C19H20Cl2N2O5S. The molecule has 0 aliphatic heterocycles. The Morgan fingerprint density at radius 3 is 2.55 bits per heavy atom. The molecule has 0 unspecified atom stereocenters. The molecule has 0 saturated heterocycles. The summed E-state index contributed by atoms with van der Waals surface area (Å²) in [5, 5.41) is 13.4. The van der Waals surface area contributed by atoms with Gasteiger partial charge in [0.15, 0.2) is 0 Å². The number of nitrogens with zero attached hydrogens (tertiary/aromatic N) is 1. The summed E-state index contributed by atoms with van der Waals surface area (Å²) in [7, 11) is 0. The van der Waals surface area contributed by atoms with Crippen molar-refractivity contribution in [3.63, 3.8) is 0 Å². The summed E-state index contributed by atoms with van der Waals surface area (Å²) in [6.07, 6.45) is 0.0845. The zero-order chi connectivity index (χ0) is 21.2. The lowest BCUT2D eigenvalue weighted by molar-refractivity contribution is -0.756. The van der Waals surface area contributed by atoms with Gasteiger partial charge in [-0.15, -0.1) is 10.1 Å². The zero-order valence-corrected chi connectivity index (χ0v) is 18.0. The monoisotopic (exact) mass is 458 g/mol. The Morgan fingerprint density at radius 1 is 1.17 bits per heavy atom. The number of carbonyl (C=O) groups excluding carboxylic acids is 1. The van der Waals surface area contributed by atoms with Crippen LogP contribution in [0.5, 0.6) is 0 Å². The second-order valence-electron chi connectivity index (χ2n) is 5.95. The molecule has 2 rings (SSSR count). The molecule has 0 aliphatic rings. The van der Waals surface area contributed by atoms with E-state index in [-0.39, 0.29) is 25.6 Å². The van der Waals surface area contributed by atoms with Crippen LogP contribution in [-0.4, -0.2) is 35.8 Å². The highest BCUT2D eigenvalue weighted by atomic mass is 35.5. The molecule has 2 aromatic carbocycles. The van der Waals surface area contributed by atoms with Crippen LogP contribution in [0, 0.1) is 17.0 Å². The van der Waals surface area contributed by atoms with Crippen molar-refractivity contribution in [1.82, 2.24) is 0 Å². The zero-order valence-electron chi connectivity index (χ0n) is 15.7. The second-order valence-corrected chi connectivity index (χ2v) is 7.99. The summed E-state index contributed by atoms with van der Waals surface area (Å²) in [4.78, 5) is 26.5. The SMILES string of the molecule is Cc1ccc(Nc2c(Cl)cccc2Cl)c(CC(=O)OCCSCCO[N+](=O)[O-])c1. The van der Waals surface area contributed by atoms with Crippen molar-refractivity contribution in [2.24, 2.45) is 0 Å². The van der Waals surface area contributed by atoms with E-state index < -0.39 is 5.09 Å². The van der Waals surface area contributed by atoms with Crippen molar-refractivity contribution in [3.05, 3.63) is 67.7 Å². The number of thioether (sulfide) groups is 1. The maximum atomic E-state index is 12.2. The van der Waals surface area contributed by atoms with Crippen molar-refractivity contribution < 1.29 is 19.5 Å². The molecule has 0 heterocycles. The lowest BCUT2D eigenvalue weighted by Gasteiger charge is -2.15. The van der Waals surface area contributed by atoms with Gasteiger partial charge in [-0.3, -0.25) is 4.79 Å². The van der Waals surface area contributed by atoms with Crippen molar-refractivity contribution >= 4 is 52.3 Å². The van der Waals surface area contributed by atoms with E-state index in [9.17, 15) is 14.9 Å². The summed E-state index contributed by atoms with van der Waals surface area (Å²) >= 11 is 13.8. The molecule has 0 amide bonds. The van der Waals surface area contributed by atoms with Crippen LogP contribution in [0.1, 0.15) is 11.1 Å². The van der Waals surface area contributed by atoms with Crippen molar-refractivity contribution in [2.75, 3.05) is 30.0 Å². The van der Waals surface area contributed by atoms with Gasteiger partial charge in [0.1, 0.15) is 13.2 Å². The molecule has 0 aromatic heterocycles. The standard InChI is InChI=1S/C19H20Cl2N2O5S/c1-13-5-6-17(22-19-15(20)3-2-4-16(19)21)14(11-13)12-18(24)27-7-9-29-10-8-28-23(25)26/h2-6,11,22H,7-10,12H2,1H3. The first kappa shape index (κ1) is 23.1. The fourth-order valence-electron chi connectivity index (χ4n) is 2.44. The topological polar surface area (TPSA) is 90.7 Å². The van der Waals surface area contributed by atoms with Gasteiger partial charge in [-0.05, 0) is 30.7 Å². The number of nitrogens with one attached hydrogen (secondary N) is 1. The Morgan fingerprint density at radius 2 is 1.86 bits per heavy atom. The molecule has 10 heteroatoms. The first-order valence-electron chi connectivity index (χ1n) is 8.68. The van der Waals surface area contributed by atoms with Crippen LogP contribution in [-0.2, 0) is 20.8 Å². The van der Waals surface area contributed by atoms with E-state index >= 15 is 0 Å². The molecule has 29 heavy (non-hydrogen) atoms. The second kappa shape index (κ2) is 11.7. The van der Waals surface area contributed by atoms with E-state index in [1.807, 2.05) is 25.1 Å². The number of hydrogen-bond donors (Lipinski definition) is 1. The summed E-state index contributed by atoms with van der Waals surface area (Å²) < 4.78 is 5.25. The molecule has 0 radical (unpaired) electrons. The predicted octanol–water partition coefficient (Wildman–Crippen LogP) is 5.07. The van der Waals surface area contributed by atoms with E-state index in [4.69, 9.17) is 27.9 Å². The molecule has 0 atom stereocenters. The number of para-hydroxylation sites is 1. The number of hydrogen-bond acceptors (Lipinski definition) is 7. The highest BCUT2D eigenvalue weighted by molar-refractivity contribution is 7.99. The van der Waals surface area contributed by atoms with E-state index in [1.54, 1.807) is 18.2 Å². The van der Waals surface area contributed by atoms with Crippen molar-refractivity contribution in [2.45, 2.75) is 13.3 Å². The first-order chi connectivity index (χ1) is 13.9. The minimum atomic E-state index is -0.830. The van der Waals surface area contributed by atoms with E-state index in [1.165, 1.54) is 11.8 Å². The predicted molar refractivity (Wildman–Crippen MR) is 116 cm³/mol. The summed E-state index contributed by atoms with van der Waals surface area (Å²) in [5.74, 6) is 0.607. The van der Waals surface area contributed by atoms with Gasteiger partial charge in [0.25, 0.3) is 5.09 Å². The van der Waals surface area contributed by atoms with Crippen LogP contribution in [0.15, 0.2) is 36.4 Å². The number of benzene rings is 2. The molecule has 2 aromatic rings. The van der Waals surface area contributed by atoms with E-state index in [2.05, 4.69) is 10.2 Å². The minimum absolute atomic E-state index is 0.00847. The van der Waals surface area contributed by atoms with Crippen molar-refractivity contribution in [3.8, 4) is 0 Å². The Balaban J connectivity index is 1.90. The average molecular weight is 459 g/mol. The van der Waals surface area contributed by atoms with Crippen LogP contribution < -0.4 is 5.32 Å². The molecule has 0 spiro atoms. The van der Waals surface area contributed by atoms with Crippen molar-refractivity contribution in [1.29, 1.82) is 0 Å². The summed E-state index contributed by atoms with van der Waals surface area (Å²) in [6, 6.07) is 10.9. The Labute approximate surface area is 182 Å². The number of aryl methyl sites for hydroxylation is 1. The number of rotatable bonds is 11. The van der Waals surface area contributed by atoms with Crippen LogP contribution in [0.2, 0.25) is 10.0 Å². The van der Waals surface area contributed by atoms with Gasteiger partial charge in [-0.25, -0.2) is 0 Å². The fourth-order valence-corrected chi connectivity index (χ4v) is 3.53. The quantitative estimate of drug-likeness (QED) is 0.217. The van der Waals surface area contributed by atoms with Crippen LogP contribution in [0.25, 0.3) is 0 Å². The van der Waals surface area contributed by atoms with Gasteiger partial charge in [-0.1, -0.05) is 47.0 Å². The van der Waals surface area contributed by atoms with Gasteiger partial charge in [0.2, 0.25) is 0 Å². The Bertz CT molecular complexity index is 846. The third-order valence-electron chi connectivity index (χ3n) is 3.73. The smallest absolute Gasteiger partial charge is 0.310 e. The molecule has 1 N–H and O–H groups in total. The lowest BCUT2D eigenvalue weighted by atomic mass is 10.1. The van der Waals surface area contributed by atoms with Crippen LogP contribution in [0.3, 0.4) is 0 Å². The molecule has 0 bridgehead atoms. The lowest BCUT2D eigenvalue weighted by Crippen LogP contribution is -2.12. The van der Waals surface area contributed by atoms with Gasteiger partial charge >= 0.3 is 5.97 Å². The molecule has 156 valence electrons. The fraction of sp³-hybridized carbons (Fsp3) is 0.316. The number of halogens is 2. The van der Waals surface area contributed by atoms with Crippen LogP contribution >= 0.6 is 35.0 Å². The first-order valence-corrected chi connectivity index (χ1v) is 10.6.